The van der Waals surface area contributed by atoms with Crippen molar-refractivity contribution in [1.29, 1.82) is 0 Å². The highest BCUT2D eigenvalue weighted by Crippen LogP contribution is 2.27. The number of hydrogen-bond acceptors (Lipinski definition) is 2. The molecule has 0 saturated carbocycles. The third kappa shape index (κ3) is 2.97. The Morgan fingerprint density at radius 3 is 2.67 bits per heavy atom. The predicted molar refractivity (Wildman–Crippen MR) is 74.5 cm³/mol. The number of aliphatic carboxylic acids is 1. The molecule has 3 nitrogen and oxygen atoms in total. The van der Waals surface area contributed by atoms with Crippen LogP contribution in [0.5, 0.6) is 0 Å². The van der Waals surface area contributed by atoms with E-state index in [1.165, 1.54) is 0 Å². The molecule has 2 rings (SSSR count). The molecule has 5 heteroatoms. The normalized spacial score (nSPS) is 19.2. The first-order valence-electron chi connectivity index (χ1n) is 5.75. The Morgan fingerprint density at radius 1 is 1.44 bits per heavy atom. The monoisotopic (exact) mass is 289 g/mol. The zero-order valence-electron chi connectivity index (χ0n) is 10.4. The van der Waals surface area contributed by atoms with E-state index in [1.54, 1.807) is 0 Å². The van der Waals surface area contributed by atoms with Gasteiger partial charge in [-0.25, -0.2) is 0 Å². The summed E-state index contributed by atoms with van der Waals surface area (Å²) in [7, 11) is 0. The fourth-order valence-corrected chi connectivity index (χ4v) is 2.54. The van der Waals surface area contributed by atoms with Crippen LogP contribution in [0.25, 0.3) is 0 Å². The van der Waals surface area contributed by atoms with Crippen LogP contribution in [-0.2, 0) is 17.8 Å². The highest BCUT2D eigenvalue weighted by atomic mass is 35.5. The van der Waals surface area contributed by atoms with Crippen molar-refractivity contribution in [3.63, 3.8) is 0 Å². The molecule has 100 valence electrons. The number of fused-ring (bicyclic) bond motifs is 1. The molecule has 1 aliphatic heterocycles. The van der Waals surface area contributed by atoms with Crippen LogP contribution in [-0.4, -0.2) is 28.1 Å². The Hall–Kier alpha value is -0.770. The number of carboxylic acids is 1. The standard InChI is InChI=1S/C13H16ClNO2.ClH/c1-8(2)15-7-10-5-11(14)4-3-9(10)6-12(15)13(16)17;/h3-5,8,12H,6-7H2,1-2H3,(H,16,17);1H. The van der Waals surface area contributed by atoms with E-state index in [0.717, 1.165) is 11.1 Å². The van der Waals surface area contributed by atoms with Gasteiger partial charge in [0, 0.05) is 17.6 Å². The van der Waals surface area contributed by atoms with Gasteiger partial charge in [0.1, 0.15) is 6.04 Å². The van der Waals surface area contributed by atoms with Gasteiger partial charge in [-0.1, -0.05) is 17.7 Å². The third-order valence-corrected chi connectivity index (χ3v) is 3.52. The zero-order chi connectivity index (χ0) is 12.6. The van der Waals surface area contributed by atoms with Crippen molar-refractivity contribution in [2.45, 2.75) is 38.9 Å². The summed E-state index contributed by atoms with van der Waals surface area (Å²) in [5.41, 5.74) is 2.24. The van der Waals surface area contributed by atoms with Crippen molar-refractivity contribution >= 4 is 30.0 Å². The summed E-state index contributed by atoms with van der Waals surface area (Å²) in [6.07, 6.45) is 0.556. The highest BCUT2D eigenvalue weighted by Gasteiger charge is 2.32. The lowest BCUT2D eigenvalue weighted by Gasteiger charge is -2.37. The number of nitrogens with zero attached hydrogens (tertiary/aromatic N) is 1. The third-order valence-electron chi connectivity index (χ3n) is 3.28. The van der Waals surface area contributed by atoms with Gasteiger partial charge in [0.05, 0.1) is 0 Å². The molecule has 1 unspecified atom stereocenters. The number of hydrogen-bond donors (Lipinski definition) is 1. The molecule has 1 N–H and O–H groups in total. The lowest BCUT2D eigenvalue weighted by molar-refractivity contribution is -0.144. The second-order valence-electron chi connectivity index (χ2n) is 4.74. The second kappa shape index (κ2) is 5.91. The van der Waals surface area contributed by atoms with E-state index in [2.05, 4.69) is 0 Å². The topological polar surface area (TPSA) is 40.5 Å². The Labute approximate surface area is 118 Å². The molecule has 1 aliphatic rings. The zero-order valence-corrected chi connectivity index (χ0v) is 12.0. The number of benzene rings is 1. The summed E-state index contributed by atoms with van der Waals surface area (Å²) < 4.78 is 0. The summed E-state index contributed by atoms with van der Waals surface area (Å²) in [6.45, 7) is 4.70. The highest BCUT2D eigenvalue weighted by molar-refractivity contribution is 6.30. The van der Waals surface area contributed by atoms with E-state index in [4.69, 9.17) is 11.6 Å². The fourth-order valence-electron chi connectivity index (χ4n) is 2.34. The minimum absolute atomic E-state index is 0. The molecule has 1 heterocycles. The lowest BCUT2D eigenvalue weighted by Crippen LogP contribution is -2.48. The van der Waals surface area contributed by atoms with Crippen LogP contribution in [0.3, 0.4) is 0 Å². The quantitative estimate of drug-likeness (QED) is 0.910. The van der Waals surface area contributed by atoms with Gasteiger partial charge in [0.25, 0.3) is 0 Å². The van der Waals surface area contributed by atoms with E-state index in [9.17, 15) is 9.90 Å². The summed E-state index contributed by atoms with van der Waals surface area (Å²) in [5.74, 6) is -0.751. The van der Waals surface area contributed by atoms with E-state index < -0.39 is 12.0 Å². The van der Waals surface area contributed by atoms with Crippen LogP contribution in [0.4, 0.5) is 0 Å². The average Bonchev–Trinajstić information content (AvgIpc) is 2.26. The molecular weight excluding hydrogens is 273 g/mol. The summed E-state index contributed by atoms with van der Waals surface area (Å²) >= 11 is 5.97. The average molecular weight is 290 g/mol. The van der Waals surface area contributed by atoms with E-state index in [0.29, 0.717) is 18.0 Å². The Bertz CT molecular complexity index is 449. The molecule has 1 aromatic rings. The molecule has 1 aromatic carbocycles. The molecule has 18 heavy (non-hydrogen) atoms. The summed E-state index contributed by atoms with van der Waals surface area (Å²) in [6, 6.07) is 5.48. The van der Waals surface area contributed by atoms with Gasteiger partial charge in [-0.3, -0.25) is 9.69 Å². The minimum atomic E-state index is -0.751. The molecule has 0 aliphatic carbocycles. The molecule has 0 bridgehead atoms. The van der Waals surface area contributed by atoms with Gasteiger partial charge >= 0.3 is 5.97 Å². The van der Waals surface area contributed by atoms with E-state index >= 15 is 0 Å². The molecule has 0 amide bonds. The number of carboxylic acid groups (broad SMARTS) is 1. The molecule has 0 radical (unpaired) electrons. The van der Waals surface area contributed by atoms with Crippen LogP contribution < -0.4 is 0 Å². The van der Waals surface area contributed by atoms with Crippen LogP contribution in [0, 0.1) is 0 Å². The molecule has 0 saturated heterocycles. The van der Waals surface area contributed by atoms with Crippen molar-refractivity contribution in [1.82, 2.24) is 4.90 Å². The maximum absolute atomic E-state index is 11.3. The first-order chi connectivity index (χ1) is 7.99. The van der Waals surface area contributed by atoms with Gasteiger partial charge in [0.15, 0.2) is 0 Å². The first-order valence-corrected chi connectivity index (χ1v) is 6.12. The molecule has 0 aromatic heterocycles. The SMILES string of the molecule is CC(C)N1Cc2cc(Cl)ccc2CC1C(=O)O.Cl. The largest absolute Gasteiger partial charge is 0.480 e. The Morgan fingerprint density at radius 2 is 2.11 bits per heavy atom. The minimum Gasteiger partial charge on any atom is -0.480 e. The van der Waals surface area contributed by atoms with E-state index in [-0.39, 0.29) is 18.4 Å². The van der Waals surface area contributed by atoms with Crippen molar-refractivity contribution < 1.29 is 9.90 Å². The fraction of sp³-hybridized carbons (Fsp3) is 0.462. The van der Waals surface area contributed by atoms with Crippen LogP contribution in [0.2, 0.25) is 5.02 Å². The van der Waals surface area contributed by atoms with Crippen molar-refractivity contribution in [3.8, 4) is 0 Å². The molecule has 0 fully saturated rings. The smallest absolute Gasteiger partial charge is 0.321 e. The van der Waals surface area contributed by atoms with Gasteiger partial charge in [0.2, 0.25) is 0 Å². The first kappa shape index (κ1) is 15.3. The van der Waals surface area contributed by atoms with Gasteiger partial charge < -0.3 is 5.11 Å². The van der Waals surface area contributed by atoms with Crippen LogP contribution >= 0.6 is 24.0 Å². The summed E-state index contributed by atoms with van der Waals surface area (Å²) in [5, 5.41) is 9.98. The molecular formula is C13H17Cl2NO2. The predicted octanol–water partition coefficient (Wildman–Crippen LogP) is 2.98. The number of halogens is 2. The lowest BCUT2D eigenvalue weighted by atomic mass is 9.93. The van der Waals surface area contributed by atoms with Crippen LogP contribution in [0.15, 0.2) is 18.2 Å². The van der Waals surface area contributed by atoms with Crippen molar-refractivity contribution in [3.05, 3.63) is 34.3 Å². The summed E-state index contributed by atoms with van der Waals surface area (Å²) in [4.78, 5) is 13.3. The number of rotatable bonds is 2. The van der Waals surface area contributed by atoms with Crippen molar-refractivity contribution in [2.24, 2.45) is 0 Å². The van der Waals surface area contributed by atoms with Crippen molar-refractivity contribution in [2.75, 3.05) is 0 Å². The van der Waals surface area contributed by atoms with Gasteiger partial charge in [-0.05, 0) is 43.5 Å². The molecule has 0 spiro atoms. The van der Waals surface area contributed by atoms with Crippen LogP contribution in [0.1, 0.15) is 25.0 Å². The number of carbonyl (C=O) groups is 1. The Kier molecular flexibility index (Phi) is 5.02. The maximum Gasteiger partial charge on any atom is 0.321 e. The maximum atomic E-state index is 11.3. The van der Waals surface area contributed by atoms with Gasteiger partial charge in [-0.2, -0.15) is 0 Å². The van der Waals surface area contributed by atoms with E-state index in [1.807, 2.05) is 36.9 Å². The Balaban J connectivity index is 0.00000162. The van der Waals surface area contributed by atoms with Gasteiger partial charge in [-0.15, -0.1) is 12.4 Å². The molecule has 1 atom stereocenters. The second-order valence-corrected chi connectivity index (χ2v) is 5.17.